The summed E-state index contributed by atoms with van der Waals surface area (Å²) in [5.74, 6) is 1.32. The molecule has 0 radical (unpaired) electrons. The van der Waals surface area contributed by atoms with Crippen LogP contribution in [0, 0.1) is 5.92 Å². The molecule has 9 heteroatoms. The zero-order valence-electron chi connectivity index (χ0n) is 20.5. The molecule has 2 unspecified atom stereocenters. The van der Waals surface area contributed by atoms with E-state index in [9.17, 15) is 4.79 Å². The molecule has 2 aliphatic rings. The Morgan fingerprint density at radius 3 is 2.71 bits per heavy atom. The van der Waals surface area contributed by atoms with Crippen molar-refractivity contribution < 1.29 is 4.79 Å². The Morgan fingerprint density at radius 1 is 1.06 bits per heavy atom. The molecule has 2 aromatic heterocycles. The van der Waals surface area contributed by atoms with E-state index < -0.39 is 0 Å². The summed E-state index contributed by atoms with van der Waals surface area (Å²) in [6.07, 6.45) is 9.05. The van der Waals surface area contributed by atoms with E-state index in [4.69, 9.17) is 0 Å². The molecule has 2 fully saturated rings. The number of aromatic nitrogens is 4. The van der Waals surface area contributed by atoms with Gasteiger partial charge >= 0.3 is 0 Å². The molecule has 0 aliphatic carbocycles. The summed E-state index contributed by atoms with van der Waals surface area (Å²) in [4.78, 5) is 17.2. The largest absolute Gasteiger partial charge is 0.355 e. The number of benzene rings is 1. The van der Waals surface area contributed by atoms with Gasteiger partial charge in [0.05, 0.1) is 0 Å². The van der Waals surface area contributed by atoms with Gasteiger partial charge in [0.1, 0.15) is 12.1 Å². The molecule has 9 nitrogen and oxygen atoms in total. The van der Waals surface area contributed by atoms with Gasteiger partial charge in [-0.2, -0.15) is 4.52 Å². The van der Waals surface area contributed by atoms with E-state index in [1.807, 2.05) is 24.1 Å². The van der Waals surface area contributed by atoms with Gasteiger partial charge in [0.2, 0.25) is 5.91 Å². The predicted molar refractivity (Wildman–Crippen MR) is 136 cm³/mol. The molecule has 2 saturated heterocycles. The van der Waals surface area contributed by atoms with E-state index >= 15 is 0 Å². The number of anilines is 1. The first kappa shape index (κ1) is 23.7. The minimum atomic E-state index is 0.110. The van der Waals surface area contributed by atoms with Gasteiger partial charge < -0.3 is 9.80 Å². The number of nitrogens with one attached hydrogen (secondary N) is 2. The summed E-state index contributed by atoms with van der Waals surface area (Å²) in [5, 5.41) is 12.5. The minimum Gasteiger partial charge on any atom is -0.355 e. The van der Waals surface area contributed by atoms with Crippen LogP contribution in [-0.2, 0) is 4.79 Å². The number of carbonyl (C=O) groups is 1. The Kier molecular flexibility index (Phi) is 7.54. The molecule has 35 heavy (non-hydrogen) atoms. The normalized spacial score (nSPS) is 21.0. The number of hydrazine groups is 1. The Balaban J connectivity index is 0.977. The highest BCUT2D eigenvalue weighted by molar-refractivity contribution is 5.78. The molecule has 0 saturated carbocycles. The van der Waals surface area contributed by atoms with Crippen LogP contribution in [0.1, 0.15) is 56.6 Å². The number of amides is 1. The SMILES string of the molecule is CN(CCCCCC1CC(c2ccccc2)NN1)C(=O)C1CCN(c2ccc3nncn3n2)CC1. The van der Waals surface area contributed by atoms with Crippen molar-refractivity contribution in [3.8, 4) is 0 Å². The summed E-state index contributed by atoms with van der Waals surface area (Å²) < 4.78 is 1.70. The second-order valence-electron chi connectivity index (χ2n) is 9.88. The quantitative estimate of drug-likeness (QED) is 0.459. The lowest BCUT2D eigenvalue weighted by atomic mass is 9.95. The fourth-order valence-corrected chi connectivity index (χ4v) is 5.30. The third-order valence-corrected chi connectivity index (χ3v) is 7.42. The van der Waals surface area contributed by atoms with Crippen LogP contribution in [-0.4, -0.2) is 63.3 Å². The van der Waals surface area contributed by atoms with Crippen LogP contribution in [0.2, 0.25) is 0 Å². The second kappa shape index (κ2) is 11.1. The first-order valence-electron chi connectivity index (χ1n) is 12.9. The van der Waals surface area contributed by atoms with Crippen molar-refractivity contribution in [3.05, 3.63) is 54.4 Å². The highest BCUT2D eigenvalue weighted by Crippen LogP contribution is 2.25. The Bertz CT molecular complexity index is 1090. The zero-order valence-corrected chi connectivity index (χ0v) is 20.5. The van der Waals surface area contributed by atoms with Crippen LogP contribution in [0.4, 0.5) is 5.82 Å². The molecule has 2 atom stereocenters. The Labute approximate surface area is 206 Å². The van der Waals surface area contributed by atoms with Crippen molar-refractivity contribution in [1.82, 2.24) is 35.6 Å². The number of nitrogens with zero attached hydrogens (tertiary/aromatic N) is 6. The first-order chi connectivity index (χ1) is 17.2. The van der Waals surface area contributed by atoms with Gasteiger partial charge in [-0.1, -0.05) is 43.2 Å². The summed E-state index contributed by atoms with van der Waals surface area (Å²) in [6, 6.07) is 15.5. The highest BCUT2D eigenvalue weighted by Gasteiger charge is 2.28. The van der Waals surface area contributed by atoms with Gasteiger partial charge in [-0.25, -0.2) is 0 Å². The molecule has 2 N–H and O–H groups in total. The number of hydrogen-bond donors (Lipinski definition) is 2. The van der Waals surface area contributed by atoms with Crippen molar-refractivity contribution in [2.45, 2.75) is 57.0 Å². The number of fused-ring (bicyclic) bond motifs is 1. The summed E-state index contributed by atoms with van der Waals surface area (Å²) in [6.45, 7) is 2.53. The van der Waals surface area contributed by atoms with E-state index in [0.717, 1.165) is 63.2 Å². The lowest BCUT2D eigenvalue weighted by Crippen LogP contribution is -2.42. The van der Waals surface area contributed by atoms with Crippen molar-refractivity contribution in [1.29, 1.82) is 0 Å². The maximum atomic E-state index is 13.0. The van der Waals surface area contributed by atoms with E-state index in [1.54, 1.807) is 10.8 Å². The Hall–Kier alpha value is -3.04. The van der Waals surface area contributed by atoms with Gasteiger partial charge in [0.15, 0.2) is 5.65 Å². The fourth-order valence-electron chi connectivity index (χ4n) is 5.30. The fraction of sp³-hybridized carbons (Fsp3) is 0.538. The standard InChI is InChI=1S/C26H36N8O/c1-32(15-7-3-6-10-22-18-23(29-28-22)20-8-4-2-5-9-20)26(35)21-13-16-33(17-14-21)25-12-11-24-30-27-19-34(24)31-25/h2,4-5,8-9,11-12,19,21-23,28-29H,3,6-7,10,13-18H2,1H3. The number of hydrogen-bond acceptors (Lipinski definition) is 7. The molecule has 5 rings (SSSR count). The number of carbonyl (C=O) groups excluding carboxylic acids is 1. The number of unbranched alkanes of at least 4 members (excludes halogenated alkanes) is 2. The molecule has 1 amide bonds. The van der Waals surface area contributed by atoms with Crippen LogP contribution in [0.5, 0.6) is 0 Å². The zero-order chi connectivity index (χ0) is 24.0. The third kappa shape index (κ3) is 5.79. The minimum absolute atomic E-state index is 0.110. The lowest BCUT2D eigenvalue weighted by molar-refractivity contribution is -0.134. The van der Waals surface area contributed by atoms with E-state index in [1.165, 1.54) is 18.4 Å². The summed E-state index contributed by atoms with van der Waals surface area (Å²) in [7, 11) is 1.96. The monoisotopic (exact) mass is 476 g/mol. The van der Waals surface area contributed by atoms with Crippen LogP contribution < -0.4 is 15.8 Å². The predicted octanol–water partition coefficient (Wildman–Crippen LogP) is 2.97. The molecular formula is C26H36N8O. The van der Waals surface area contributed by atoms with E-state index in [0.29, 0.717) is 18.0 Å². The van der Waals surface area contributed by atoms with E-state index in [2.05, 4.69) is 61.4 Å². The number of piperidine rings is 1. The van der Waals surface area contributed by atoms with Gasteiger partial charge in [-0.15, -0.1) is 15.3 Å². The van der Waals surface area contributed by atoms with Gasteiger partial charge in [0.25, 0.3) is 0 Å². The first-order valence-corrected chi connectivity index (χ1v) is 12.9. The van der Waals surface area contributed by atoms with Gasteiger partial charge in [-0.05, 0) is 49.8 Å². The molecule has 0 bridgehead atoms. The lowest BCUT2D eigenvalue weighted by Gasteiger charge is -2.33. The second-order valence-corrected chi connectivity index (χ2v) is 9.88. The van der Waals surface area contributed by atoms with Crippen LogP contribution in [0.3, 0.4) is 0 Å². The van der Waals surface area contributed by atoms with Crippen molar-refractivity contribution >= 4 is 17.4 Å². The van der Waals surface area contributed by atoms with E-state index in [-0.39, 0.29) is 5.92 Å². The molecule has 0 spiro atoms. The van der Waals surface area contributed by atoms with Crippen LogP contribution >= 0.6 is 0 Å². The van der Waals surface area contributed by atoms with Crippen LogP contribution in [0.25, 0.3) is 5.65 Å². The molecular weight excluding hydrogens is 440 g/mol. The van der Waals surface area contributed by atoms with Gasteiger partial charge in [-0.3, -0.25) is 15.6 Å². The smallest absolute Gasteiger partial charge is 0.225 e. The van der Waals surface area contributed by atoms with Crippen molar-refractivity contribution in [2.24, 2.45) is 5.92 Å². The van der Waals surface area contributed by atoms with Crippen LogP contribution in [0.15, 0.2) is 48.8 Å². The van der Waals surface area contributed by atoms with Crippen molar-refractivity contribution in [2.75, 3.05) is 31.6 Å². The summed E-state index contributed by atoms with van der Waals surface area (Å²) >= 11 is 0. The molecule has 186 valence electrons. The maximum Gasteiger partial charge on any atom is 0.225 e. The molecule has 4 heterocycles. The average Bonchev–Trinajstić information content (AvgIpc) is 3.58. The Morgan fingerprint density at radius 2 is 1.89 bits per heavy atom. The highest BCUT2D eigenvalue weighted by atomic mass is 16.2. The molecule has 3 aromatic rings. The average molecular weight is 477 g/mol. The third-order valence-electron chi connectivity index (χ3n) is 7.42. The van der Waals surface area contributed by atoms with Gasteiger partial charge in [0, 0.05) is 44.7 Å². The maximum absolute atomic E-state index is 13.0. The topological polar surface area (TPSA) is 90.7 Å². The van der Waals surface area contributed by atoms with Crippen molar-refractivity contribution in [3.63, 3.8) is 0 Å². The number of rotatable bonds is 9. The molecule has 1 aromatic carbocycles. The molecule has 2 aliphatic heterocycles. The summed E-state index contributed by atoms with van der Waals surface area (Å²) in [5.41, 5.74) is 8.99.